The molecule has 1 aliphatic carbocycles. The lowest BCUT2D eigenvalue weighted by molar-refractivity contribution is -0.174. The highest BCUT2D eigenvalue weighted by Crippen LogP contribution is 2.22. The van der Waals surface area contributed by atoms with E-state index in [9.17, 15) is 13.2 Å². The van der Waals surface area contributed by atoms with Crippen molar-refractivity contribution in [2.75, 3.05) is 32.2 Å². The van der Waals surface area contributed by atoms with Crippen molar-refractivity contribution in [3.63, 3.8) is 0 Å². The fourth-order valence-electron chi connectivity index (χ4n) is 2.59. The Balaban J connectivity index is 2.18. The summed E-state index contributed by atoms with van der Waals surface area (Å²) in [5, 5.41) is 0. The SMILES string of the molecule is FC(F)(F)COCCCN(CCCl)C1CCCCC1. The van der Waals surface area contributed by atoms with Gasteiger partial charge in [0.05, 0.1) is 0 Å². The Morgan fingerprint density at radius 2 is 1.79 bits per heavy atom. The van der Waals surface area contributed by atoms with Crippen LogP contribution in [0, 0.1) is 0 Å². The molecule has 0 aromatic heterocycles. The maximum Gasteiger partial charge on any atom is 0.411 e. The molecular weight excluding hydrogens is 279 g/mol. The van der Waals surface area contributed by atoms with Crippen molar-refractivity contribution < 1.29 is 17.9 Å². The van der Waals surface area contributed by atoms with Crippen molar-refractivity contribution in [3.8, 4) is 0 Å². The number of halogens is 4. The van der Waals surface area contributed by atoms with Crippen molar-refractivity contribution >= 4 is 11.6 Å². The fourth-order valence-corrected chi connectivity index (χ4v) is 2.81. The maximum absolute atomic E-state index is 11.9. The lowest BCUT2D eigenvalue weighted by Crippen LogP contribution is -2.39. The summed E-state index contributed by atoms with van der Waals surface area (Å²) in [7, 11) is 0. The second-order valence-electron chi connectivity index (χ2n) is 5.04. The second kappa shape index (κ2) is 9.03. The number of hydrogen-bond donors (Lipinski definition) is 0. The minimum absolute atomic E-state index is 0.158. The molecule has 0 unspecified atom stereocenters. The number of hydrogen-bond acceptors (Lipinski definition) is 2. The minimum atomic E-state index is -4.22. The van der Waals surface area contributed by atoms with Gasteiger partial charge in [-0.05, 0) is 19.3 Å². The molecule has 0 aromatic rings. The van der Waals surface area contributed by atoms with Crippen molar-refractivity contribution in [2.24, 2.45) is 0 Å². The summed E-state index contributed by atoms with van der Waals surface area (Å²) in [5.74, 6) is 0.569. The van der Waals surface area contributed by atoms with Crippen LogP contribution in [-0.2, 0) is 4.74 Å². The van der Waals surface area contributed by atoms with Crippen molar-refractivity contribution in [1.29, 1.82) is 0 Å². The van der Waals surface area contributed by atoms with E-state index in [0.29, 0.717) is 18.3 Å². The summed E-state index contributed by atoms with van der Waals surface area (Å²) in [6, 6.07) is 0.551. The lowest BCUT2D eigenvalue weighted by atomic mass is 9.94. The van der Waals surface area contributed by atoms with E-state index in [4.69, 9.17) is 11.6 Å². The zero-order chi connectivity index (χ0) is 14.1. The summed E-state index contributed by atoms with van der Waals surface area (Å²) in [6.45, 7) is 0.595. The van der Waals surface area contributed by atoms with Crippen LogP contribution in [0.25, 0.3) is 0 Å². The molecule has 0 N–H and O–H groups in total. The predicted molar refractivity (Wildman–Crippen MR) is 70.7 cm³/mol. The van der Waals surface area contributed by atoms with Gasteiger partial charge >= 0.3 is 6.18 Å². The van der Waals surface area contributed by atoms with Crippen LogP contribution >= 0.6 is 11.6 Å². The van der Waals surface area contributed by atoms with Crippen LogP contribution in [0.2, 0.25) is 0 Å². The first-order chi connectivity index (χ1) is 9.03. The maximum atomic E-state index is 11.9. The number of nitrogens with zero attached hydrogens (tertiary/aromatic N) is 1. The third-order valence-corrected chi connectivity index (χ3v) is 3.63. The van der Waals surface area contributed by atoms with Gasteiger partial charge in [0.1, 0.15) is 6.61 Å². The van der Waals surface area contributed by atoms with Gasteiger partial charge < -0.3 is 4.74 Å². The topological polar surface area (TPSA) is 12.5 Å². The molecule has 1 fully saturated rings. The van der Waals surface area contributed by atoms with E-state index in [2.05, 4.69) is 9.64 Å². The molecule has 2 nitrogen and oxygen atoms in total. The quantitative estimate of drug-likeness (QED) is 0.499. The van der Waals surface area contributed by atoms with Crippen LogP contribution in [0.5, 0.6) is 0 Å². The third kappa shape index (κ3) is 8.00. The van der Waals surface area contributed by atoms with Gasteiger partial charge in [0, 0.05) is 31.6 Å². The summed E-state index contributed by atoms with van der Waals surface area (Å²) in [6.07, 6.45) is 2.55. The largest absolute Gasteiger partial charge is 0.411 e. The van der Waals surface area contributed by atoms with Crippen LogP contribution in [0.3, 0.4) is 0 Å². The second-order valence-corrected chi connectivity index (χ2v) is 5.42. The molecule has 0 saturated heterocycles. The first-order valence-corrected chi connectivity index (χ1v) is 7.51. The highest BCUT2D eigenvalue weighted by Gasteiger charge is 2.27. The Morgan fingerprint density at radius 3 is 2.37 bits per heavy atom. The van der Waals surface area contributed by atoms with E-state index in [1.54, 1.807) is 0 Å². The molecule has 0 amide bonds. The van der Waals surface area contributed by atoms with Gasteiger partial charge in [-0.3, -0.25) is 4.90 Å². The third-order valence-electron chi connectivity index (χ3n) is 3.46. The van der Waals surface area contributed by atoms with Gasteiger partial charge in [-0.2, -0.15) is 13.2 Å². The smallest absolute Gasteiger partial charge is 0.372 e. The van der Waals surface area contributed by atoms with Crippen LogP contribution in [0.1, 0.15) is 38.5 Å². The molecule has 0 heterocycles. The predicted octanol–water partition coefficient (Wildman–Crippen LogP) is 3.83. The summed E-state index contributed by atoms with van der Waals surface area (Å²) in [4.78, 5) is 2.31. The molecule has 0 aliphatic heterocycles. The van der Waals surface area contributed by atoms with E-state index in [1.807, 2.05) is 0 Å². The Morgan fingerprint density at radius 1 is 1.11 bits per heavy atom. The Hall–Kier alpha value is 0. The van der Waals surface area contributed by atoms with Gasteiger partial charge in [0.15, 0.2) is 0 Å². The van der Waals surface area contributed by atoms with Gasteiger partial charge in [0.2, 0.25) is 0 Å². The molecule has 1 rings (SSSR count). The molecule has 19 heavy (non-hydrogen) atoms. The Kier molecular flexibility index (Phi) is 8.11. The highest BCUT2D eigenvalue weighted by molar-refractivity contribution is 6.18. The summed E-state index contributed by atoms with van der Waals surface area (Å²) in [5.41, 5.74) is 0. The van der Waals surface area contributed by atoms with Crippen LogP contribution in [-0.4, -0.2) is 49.3 Å². The molecule has 1 saturated carbocycles. The zero-order valence-electron chi connectivity index (χ0n) is 11.2. The first kappa shape index (κ1) is 17.1. The normalized spacial score (nSPS) is 18.2. The number of ether oxygens (including phenoxy) is 1. The standard InChI is InChI=1S/C13H23ClF3NO/c14-7-9-18(12-5-2-1-3-6-12)8-4-10-19-11-13(15,16)17/h12H,1-11H2. The summed E-state index contributed by atoms with van der Waals surface area (Å²) >= 11 is 5.79. The molecule has 114 valence electrons. The molecule has 0 spiro atoms. The van der Waals surface area contributed by atoms with Gasteiger partial charge in [-0.25, -0.2) is 0 Å². The fraction of sp³-hybridized carbons (Fsp3) is 1.00. The molecule has 6 heteroatoms. The number of rotatable bonds is 8. The van der Waals surface area contributed by atoms with Gasteiger partial charge in [0.25, 0.3) is 0 Å². The molecule has 0 aromatic carbocycles. The van der Waals surface area contributed by atoms with E-state index in [-0.39, 0.29) is 6.61 Å². The van der Waals surface area contributed by atoms with Crippen molar-refractivity contribution in [2.45, 2.75) is 50.7 Å². The molecule has 0 radical (unpaired) electrons. The molecule has 0 bridgehead atoms. The van der Waals surface area contributed by atoms with Crippen LogP contribution < -0.4 is 0 Å². The summed E-state index contributed by atoms with van der Waals surface area (Å²) < 4.78 is 40.3. The average molecular weight is 302 g/mol. The Labute approximate surface area is 118 Å². The van der Waals surface area contributed by atoms with E-state index >= 15 is 0 Å². The van der Waals surface area contributed by atoms with Crippen molar-refractivity contribution in [1.82, 2.24) is 4.90 Å². The molecule has 0 atom stereocenters. The van der Waals surface area contributed by atoms with E-state index in [0.717, 1.165) is 13.1 Å². The van der Waals surface area contributed by atoms with Crippen molar-refractivity contribution in [3.05, 3.63) is 0 Å². The zero-order valence-corrected chi connectivity index (χ0v) is 12.0. The monoisotopic (exact) mass is 301 g/mol. The molecule has 1 aliphatic rings. The highest BCUT2D eigenvalue weighted by atomic mass is 35.5. The average Bonchev–Trinajstić information content (AvgIpc) is 2.37. The lowest BCUT2D eigenvalue weighted by Gasteiger charge is -2.33. The van der Waals surface area contributed by atoms with Gasteiger partial charge in [-0.1, -0.05) is 19.3 Å². The van der Waals surface area contributed by atoms with Crippen LogP contribution in [0.4, 0.5) is 13.2 Å². The Bertz CT molecular complexity index is 232. The van der Waals surface area contributed by atoms with E-state index < -0.39 is 12.8 Å². The number of alkyl halides is 4. The first-order valence-electron chi connectivity index (χ1n) is 6.97. The minimum Gasteiger partial charge on any atom is -0.372 e. The van der Waals surface area contributed by atoms with Gasteiger partial charge in [-0.15, -0.1) is 11.6 Å². The van der Waals surface area contributed by atoms with Crippen LogP contribution in [0.15, 0.2) is 0 Å². The molecular formula is C13H23ClF3NO. The van der Waals surface area contributed by atoms with E-state index in [1.165, 1.54) is 32.1 Å².